The Hall–Kier alpha value is -0.640. The highest BCUT2D eigenvalue weighted by molar-refractivity contribution is 5.27. The predicted octanol–water partition coefficient (Wildman–Crippen LogP) is 1.75. The third-order valence-corrected chi connectivity index (χ3v) is 2.86. The Labute approximate surface area is 78.3 Å². The molecule has 13 heavy (non-hydrogen) atoms. The lowest BCUT2D eigenvalue weighted by atomic mass is 9.73. The van der Waals surface area contributed by atoms with Crippen LogP contribution in [0.25, 0.3) is 0 Å². The summed E-state index contributed by atoms with van der Waals surface area (Å²) in [5.74, 6) is 0. The first-order valence-corrected chi connectivity index (χ1v) is 4.48. The average molecular weight is 184 g/mol. The Balaban J connectivity index is 2.91. The Morgan fingerprint density at radius 2 is 2.46 bits per heavy atom. The lowest BCUT2D eigenvalue weighted by Crippen LogP contribution is -2.34. The maximum atomic E-state index is 9.28. The number of hydrogen-bond donors (Lipinski definition) is 2. The van der Waals surface area contributed by atoms with Gasteiger partial charge in [0.1, 0.15) is 6.10 Å². The van der Waals surface area contributed by atoms with Crippen LogP contribution in [0.3, 0.4) is 0 Å². The van der Waals surface area contributed by atoms with Gasteiger partial charge in [-0.3, -0.25) is 5.26 Å². The molecule has 0 aromatic carbocycles. The minimum absolute atomic E-state index is 0.0126. The summed E-state index contributed by atoms with van der Waals surface area (Å²) in [4.78, 5) is 4.30. The van der Waals surface area contributed by atoms with Crippen molar-refractivity contribution < 1.29 is 15.3 Å². The standard InChI is InChI=1S/C10H16O3/c1-3-10(7-11)6-4-5-9(13-12)8(10)2/h4,6,9,11-12H,2-3,5,7H2,1H3/t9-,10+/m0/s1. The molecule has 2 N–H and O–H groups in total. The molecule has 1 aliphatic rings. The molecule has 0 aliphatic heterocycles. The van der Waals surface area contributed by atoms with Crippen LogP contribution in [-0.2, 0) is 4.89 Å². The monoisotopic (exact) mass is 184 g/mol. The molecule has 0 heterocycles. The van der Waals surface area contributed by atoms with Crippen LogP contribution >= 0.6 is 0 Å². The maximum absolute atomic E-state index is 9.28. The molecule has 0 aromatic heterocycles. The Bertz CT molecular complexity index is 216. The molecule has 0 radical (unpaired) electrons. The van der Waals surface area contributed by atoms with Crippen molar-refractivity contribution in [3.8, 4) is 0 Å². The zero-order valence-corrected chi connectivity index (χ0v) is 7.86. The summed E-state index contributed by atoms with van der Waals surface area (Å²) in [5, 5.41) is 17.9. The number of aliphatic hydroxyl groups excluding tert-OH is 1. The minimum Gasteiger partial charge on any atom is -0.395 e. The first-order chi connectivity index (χ1) is 6.20. The SMILES string of the molecule is C=C1[C@@H](OO)CC=C[C@]1(CC)CO. The minimum atomic E-state index is -0.411. The van der Waals surface area contributed by atoms with E-state index in [0.717, 1.165) is 12.0 Å². The molecule has 3 heteroatoms. The Morgan fingerprint density at radius 3 is 2.92 bits per heavy atom. The van der Waals surface area contributed by atoms with Crippen LogP contribution in [-0.4, -0.2) is 23.1 Å². The second kappa shape index (κ2) is 4.05. The van der Waals surface area contributed by atoms with E-state index in [1.165, 1.54) is 0 Å². The van der Waals surface area contributed by atoms with Crippen LogP contribution in [0.4, 0.5) is 0 Å². The summed E-state index contributed by atoms with van der Waals surface area (Å²) in [6.45, 7) is 5.86. The maximum Gasteiger partial charge on any atom is 0.118 e. The van der Waals surface area contributed by atoms with Crippen molar-refractivity contribution in [2.75, 3.05) is 6.61 Å². The van der Waals surface area contributed by atoms with Crippen molar-refractivity contribution in [1.82, 2.24) is 0 Å². The van der Waals surface area contributed by atoms with Gasteiger partial charge in [-0.25, -0.2) is 4.89 Å². The van der Waals surface area contributed by atoms with Crippen LogP contribution in [0.1, 0.15) is 19.8 Å². The van der Waals surface area contributed by atoms with Gasteiger partial charge in [0.2, 0.25) is 0 Å². The number of hydrogen-bond acceptors (Lipinski definition) is 3. The topological polar surface area (TPSA) is 49.7 Å². The molecule has 0 saturated heterocycles. The third-order valence-electron chi connectivity index (χ3n) is 2.86. The van der Waals surface area contributed by atoms with E-state index < -0.39 is 5.41 Å². The highest BCUT2D eigenvalue weighted by atomic mass is 17.1. The molecular weight excluding hydrogens is 168 g/mol. The smallest absolute Gasteiger partial charge is 0.118 e. The Morgan fingerprint density at radius 1 is 1.77 bits per heavy atom. The quantitative estimate of drug-likeness (QED) is 0.399. The van der Waals surface area contributed by atoms with Crippen molar-refractivity contribution in [2.24, 2.45) is 5.41 Å². The summed E-state index contributed by atoms with van der Waals surface area (Å²) in [6, 6.07) is 0. The largest absolute Gasteiger partial charge is 0.395 e. The fourth-order valence-corrected chi connectivity index (χ4v) is 1.70. The van der Waals surface area contributed by atoms with Gasteiger partial charge in [-0.05, 0) is 18.4 Å². The lowest BCUT2D eigenvalue weighted by Gasteiger charge is -2.36. The molecule has 0 spiro atoms. The molecule has 0 amide bonds. The van der Waals surface area contributed by atoms with E-state index in [-0.39, 0.29) is 12.7 Å². The van der Waals surface area contributed by atoms with E-state index in [4.69, 9.17) is 5.26 Å². The second-order valence-corrected chi connectivity index (χ2v) is 3.43. The predicted molar refractivity (Wildman–Crippen MR) is 50.2 cm³/mol. The van der Waals surface area contributed by atoms with E-state index >= 15 is 0 Å². The van der Waals surface area contributed by atoms with Gasteiger partial charge >= 0.3 is 0 Å². The molecule has 0 saturated carbocycles. The molecule has 3 nitrogen and oxygen atoms in total. The average Bonchev–Trinajstić information content (AvgIpc) is 2.19. The number of rotatable bonds is 3. The molecule has 74 valence electrons. The number of aliphatic hydroxyl groups is 1. The second-order valence-electron chi connectivity index (χ2n) is 3.43. The summed E-state index contributed by atoms with van der Waals surface area (Å²) >= 11 is 0. The van der Waals surface area contributed by atoms with E-state index in [2.05, 4.69) is 11.5 Å². The first kappa shape index (κ1) is 10.4. The van der Waals surface area contributed by atoms with E-state index in [1.54, 1.807) is 0 Å². The molecule has 0 unspecified atom stereocenters. The molecule has 2 atom stereocenters. The van der Waals surface area contributed by atoms with Crippen molar-refractivity contribution in [3.63, 3.8) is 0 Å². The molecule has 1 rings (SSSR count). The van der Waals surface area contributed by atoms with Crippen LogP contribution in [0.5, 0.6) is 0 Å². The van der Waals surface area contributed by atoms with Gasteiger partial charge in [-0.2, -0.15) is 0 Å². The molecule has 1 aliphatic carbocycles. The summed E-state index contributed by atoms with van der Waals surface area (Å²) in [6.07, 6.45) is 4.87. The van der Waals surface area contributed by atoms with Gasteiger partial charge in [-0.15, -0.1) is 0 Å². The van der Waals surface area contributed by atoms with Crippen molar-refractivity contribution >= 4 is 0 Å². The van der Waals surface area contributed by atoms with Crippen molar-refractivity contribution in [1.29, 1.82) is 0 Å². The van der Waals surface area contributed by atoms with Gasteiger partial charge in [0.05, 0.1) is 6.61 Å². The molecule has 0 bridgehead atoms. The first-order valence-electron chi connectivity index (χ1n) is 4.48. The van der Waals surface area contributed by atoms with E-state index in [9.17, 15) is 5.11 Å². The fourth-order valence-electron chi connectivity index (χ4n) is 1.70. The summed E-state index contributed by atoms with van der Waals surface area (Å²) in [7, 11) is 0. The Kier molecular flexibility index (Phi) is 3.25. The third kappa shape index (κ3) is 1.68. The highest BCUT2D eigenvalue weighted by Gasteiger charge is 2.35. The van der Waals surface area contributed by atoms with Gasteiger partial charge in [0.15, 0.2) is 0 Å². The van der Waals surface area contributed by atoms with Crippen LogP contribution in [0.15, 0.2) is 24.3 Å². The van der Waals surface area contributed by atoms with Crippen LogP contribution in [0.2, 0.25) is 0 Å². The summed E-state index contributed by atoms with van der Waals surface area (Å²) in [5.41, 5.74) is 0.341. The molecule has 0 aromatic rings. The highest BCUT2D eigenvalue weighted by Crippen LogP contribution is 2.38. The van der Waals surface area contributed by atoms with Crippen LogP contribution < -0.4 is 0 Å². The molecular formula is C10H16O3. The van der Waals surface area contributed by atoms with Gasteiger partial charge in [0.25, 0.3) is 0 Å². The zero-order valence-electron chi connectivity index (χ0n) is 7.86. The van der Waals surface area contributed by atoms with Gasteiger partial charge in [0, 0.05) is 5.41 Å². The zero-order chi connectivity index (χ0) is 9.90. The van der Waals surface area contributed by atoms with E-state index in [0.29, 0.717) is 6.42 Å². The van der Waals surface area contributed by atoms with Gasteiger partial charge < -0.3 is 5.11 Å². The fraction of sp³-hybridized carbons (Fsp3) is 0.600. The lowest BCUT2D eigenvalue weighted by molar-refractivity contribution is -0.270. The normalized spacial score (nSPS) is 33.8. The molecule has 0 fully saturated rings. The van der Waals surface area contributed by atoms with E-state index in [1.807, 2.05) is 19.1 Å². The van der Waals surface area contributed by atoms with Crippen molar-refractivity contribution in [3.05, 3.63) is 24.3 Å². The summed E-state index contributed by atoms with van der Waals surface area (Å²) < 4.78 is 0. The van der Waals surface area contributed by atoms with Crippen molar-refractivity contribution in [2.45, 2.75) is 25.9 Å². The van der Waals surface area contributed by atoms with Gasteiger partial charge in [-0.1, -0.05) is 25.7 Å². The van der Waals surface area contributed by atoms with Crippen LogP contribution in [0, 0.1) is 5.41 Å².